The van der Waals surface area contributed by atoms with Gasteiger partial charge in [-0.1, -0.05) is 11.6 Å². The Kier molecular flexibility index (Phi) is 3.59. The number of aromatic nitrogens is 1. The van der Waals surface area contributed by atoms with E-state index in [0.29, 0.717) is 10.7 Å². The summed E-state index contributed by atoms with van der Waals surface area (Å²) in [7, 11) is 0. The highest BCUT2D eigenvalue weighted by atomic mass is 35.5. The van der Waals surface area contributed by atoms with Crippen molar-refractivity contribution in [2.24, 2.45) is 0 Å². The number of nitrogens with zero attached hydrogens (tertiary/aromatic N) is 1. The van der Waals surface area contributed by atoms with E-state index in [1.54, 1.807) is 20.8 Å². The van der Waals surface area contributed by atoms with Gasteiger partial charge in [-0.25, -0.2) is 9.78 Å². The standard InChI is InChI=1S/C10H14ClN3O2/c1-10(2,3)16-9(15)14-7-4-8(12)13-5-6(7)11/h4-5H,1-3H3,(H3,12,13,14,15). The number of hydrogen-bond donors (Lipinski definition) is 2. The van der Waals surface area contributed by atoms with Gasteiger partial charge in [-0.3, -0.25) is 5.32 Å². The molecule has 0 unspecified atom stereocenters. The first-order chi connectivity index (χ1) is 7.28. The molecular weight excluding hydrogens is 230 g/mol. The van der Waals surface area contributed by atoms with Crippen LogP contribution < -0.4 is 11.1 Å². The average molecular weight is 244 g/mol. The Labute approximate surface area is 98.9 Å². The molecule has 0 saturated heterocycles. The van der Waals surface area contributed by atoms with Crippen LogP contribution in [0, 0.1) is 0 Å². The lowest BCUT2D eigenvalue weighted by atomic mass is 10.2. The summed E-state index contributed by atoms with van der Waals surface area (Å²) < 4.78 is 5.07. The number of nitrogens with one attached hydrogen (secondary N) is 1. The Bertz CT molecular complexity index is 402. The number of hydrogen-bond acceptors (Lipinski definition) is 4. The summed E-state index contributed by atoms with van der Waals surface area (Å²) in [6.45, 7) is 5.32. The highest BCUT2D eigenvalue weighted by Crippen LogP contribution is 2.22. The first-order valence-corrected chi connectivity index (χ1v) is 5.07. The first-order valence-electron chi connectivity index (χ1n) is 4.69. The lowest BCUT2D eigenvalue weighted by Gasteiger charge is -2.19. The second-order valence-electron chi connectivity index (χ2n) is 4.22. The molecule has 1 heterocycles. The molecule has 0 aliphatic carbocycles. The highest BCUT2D eigenvalue weighted by molar-refractivity contribution is 6.33. The van der Waals surface area contributed by atoms with E-state index in [9.17, 15) is 4.79 Å². The van der Waals surface area contributed by atoms with Crippen molar-refractivity contribution in [3.8, 4) is 0 Å². The van der Waals surface area contributed by atoms with Gasteiger partial charge in [0.15, 0.2) is 0 Å². The zero-order valence-electron chi connectivity index (χ0n) is 9.37. The fraction of sp³-hybridized carbons (Fsp3) is 0.400. The molecule has 0 aliphatic heterocycles. The fourth-order valence-corrected chi connectivity index (χ4v) is 1.11. The van der Waals surface area contributed by atoms with Gasteiger partial charge in [-0.15, -0.1) is 0 Å². The maximum atomic E-state index is 11.4. The Morgan fingerprint density at radius 3 is 2.75 bits per heavy atom. The molecule has 0 bridgehead atoms. The Hall–Kier alpha value is -1.49. The Balaban J connectivity index is 2.73. The number of pyridine rings is 1. The van der Waals surface area contributed by atoms with E-state index in [1.165, 1.54) is 12.3 Å². The van der Waals surface area contributed by atoms with Crippen LogP contribution in [-0.4, -0.2) is 16.7 Å². The van der Waals surface area contributed by atoms with Crippen molar-refractivity contribution < 1.29 is 9.53 Å². The van der Waals surface area contributed by atoms with E-state index < -0.39 is 11.7 Å². The summed E-state index contributed by atoms with van der Waals surface area (Å²) in [5, 5.41) is 2.80. The third-order valence-corrected chi connectivity index (χ3v) is 1.81. The van der Waals surface area contributed by atoms with Gasteiger partial charge in [0.2, 0.25) is 0 Å². The minimum absolute atomic E-state index is 0.274. The predicted molar refractivity (Wildman–Crippen MR) is 63.5 cm³/mol. The molecule has 16 heavy (non-hydrogen) atoms. The number of nitrogens with two attached hydrogens (primary N) is 1. The summed E-state index contributed by atoms with van der Waals surface area (Å²) in [4.78, 5) is 15.2. The summed E-state index contributed by atoms with van der Waals surface area (Å²) >= 11 is 5.82. The number of carbonyl (C=O) groups is 1. The third-order valence-electron chi connectivity index (χ3n) is 1.51. The van der Waals surface area contributed by atoms with E-state index in [1.807, 2.05) is 0 Å². The Morgan fingerprint density at radius 2 is 2.19 bits per heavy atom. The van der Waals surface area contributed by atoms with Crippen LogP contribution in [0.25, 0.3) is 0 Å². The van der Waals surface area contributed by atoms with E-state index in [0.717, 1.165) is 0 Å². The lowest BCUT2D eigenvalue weighted by molar-refractivity contribution is 0.0636. The number of anilines is 2. The van der Waals surface area contributed by atoms with Gasteiger partial charge in [0.05, 0.1) is 10.7 Å². The molecule has 0 spiro atoms. The molecule has 88 valence electrons. The monoisotopic (exact) mass is 243 g/mol. The van der Waals surface area contributed by atoms with Crippen LogP contribution >= 0.6 is 11.6 Å². The SMILES string of the molecule is CC(C)(C)OC(=O)Nc1cc(N)ncc1Cl. The van der Waals surface area contributed by atoms with Crippen molar-refractivity contribution >= 4 is 29.2 Å². The fourth-order valence-electron chi connectivity index (χ4n) is 0.964. The molecule has 5 nitrogen and oxygen atoms in total. The van der Waals surface area contributed by atoms with Gasteiger partial charge in [0.1, 0.15) is 11.4 Å². The molecule has 1 amide bonds. The normalized spacial score (nSPS) is 11.0. The molecular formula is C10H14ClN3O2. The molecule has 0 saturated carbocycles. The maximum absolute atomic E-state index is 11.4. The molecule has 0 aliphatic rings. The quantitative estimate of drug-likeness (QED) is 0.795. The smallest absolute Gasteiger partial charge is 0.412 e. The zero-order chi connectivity index (χ0) is 12.3. The minimum Gasteiger partial charge on any atom is -0.444 e. The average Bonchev–Trinajstić information content (AvgIpc) is 2.08. The van der Waals surface area contributed by atoms with Crippen molar-refractivity contribution in [3.05, 3.63) is 17.3 Å². The molecule has 1 rings (SSSR count). The largest absolute Gasteiger partial charge is 0.444 e. The van der Waals surface area contributed by atoms with Crippen LogP contribution in [0.15, 0.2) is 12.3 Å². The molecule has 1 aromatic rings. The van der Waals surface area contributed by atoms with Gasteiger partial charge in [0.25, 0.3) is 0 Å². The van der Waals surface area contributed by atoms with Crippen LogP contribution in [0.3, 0.4) is 0 Å². The molecule has 3 N–H and O–H groups in total. The number of halogens is 1. The van der Waals surface area contributed by atoms with Gasteiger partial charge in [-0.2, -0.15) is 0 Å². The van der Waals surface area contributed by atoms with E-state index >= 15 is 0 Å². The molecule has 0 radical (unpaired) electrons. The molecule has 1 aromatic heterocycles. The van der Waals surface area contributed by atoms with Crippen molar-refractivity contribution in [2.45, 2.75) is 26.4 Å². The van der Waals surface area contributed by atoms with E-state index in [-0.39, 0.29) is 5.82 Å². The van der Waals surface area contributed by atoms with E-state index in [2.05, 4.69) is 10.3 Å². The molecule has 0 atom stereocenters. The second-order valence-corrected chi connectivity index (χ2v) is 4.62. The van der Waals surface area contributed by atoms with Crippen molar-refractivity contribution in [3.63, 3.8) is 0 Å². The summed E-state index contributed by atoms with van der Waals surface area (Å²) in [6, 6.07) is 1.46. The molecule has 6 heteroatoms. The van der Waals surface area contributed by atoms with Crippen molar-refractivity contribution in [1.82, 2.24) is 4.98 Å². The van der Waals surface area contributed by atoms with Crippen LogP contribution in [-0.2, 0) is 4.74 Å². The maximum Gasteiger partial charge on any atom is 0.412 e. The van der Waals surface area contributed by atoms with Crippen LogP contribution in [0.4, 0.5) is 16.3 Å². The summed E-state index contributed by atoms with van der Waals surface area (Å²) in [5.74, 6) is 0.274. The highest BCUT2D eigenvalue weighted by Gasteiger charge is 2.17. The van der Waals surface area contributed by atoms with E-state index in [4.69, 9.17) is 22.1 Å². The topological polar surface area (TPSA) is 77.2 Å². The summed E-state index contributed by atoms with van der Waals surface area (Å²) in [6.07, 6.45) is 0.781. The molecule has 0 aromatic carbocycles. The number of carbonyl (C=O) groups excluding carboxylic acids is 1. The Morgan fingerprint density at radius 1 is 1.56 bits per heavy atom. The predicted octanol–water partition coefficient (Wildman–Crippen LogP) is 2.66. The number of nitrogen functional groups attached to an aromatic ring is 1. The van der Waals surface area contributed by atoms with Crippen LogP contribution in [0.2, 0.25) is 5.02 Å². The minimum atomic E-state index is -0.583. The van der Waals surface area contributed by atoms with Gasteiger partial charge in [0, 0.05) is 12.3 Å². The zero-order valence-corrected chi connectivity index (χ0v) is 10.1. The lowest BCUT2D eigenvalue weighted by Crippen LogP contribution is -2.27. The van der Waals surface area contributed by atoms with Gasteiger partial charge < -0.3 is 10.5 Å². The van der Waals surface area contributed by atoms with Crippen LogP contribution in [0.1, 0.15) is 20.8 Å². The number of rotatable bonds is 1. The number of ether oxygens (including phenoxy) is 1. The summed E-state index contributed by atoms with van der Waals surface area (Å²) in [5.41, 5.74) is 5.29. The number of amides is 1. The van der Waals surface area contributed by atoms with Crippen LogP contribution in [0.5, 0.6) is 0 Å². The van der Waals surface area contributed by atoms with Crippen molar-refractivity contribution in [1.29, 1.82) is 0 Å². The second kappa shape index (κ2) is 4.57. The molecule has 0 fully saturated rings. The van der Waals surface area contributed by atoms with Gasteiger partial charge in [-0.05, 0) is 20.8 Å². The van der Waals surface area contributed by atoms with Gasteiger partial charge >= 0.3 is 6.09 Å². The first kappa shape index (κ1) is 12.6. The van der Waals surface area contributed by atoms with Crippen molar-refractivity contribution in [2.75, 3.05) is 11.1 Å². The third kappa shape index (κ3) is 3.94.